The number of aryl methyl sites for hydroxylation is 2. The predicted molar refractivity (Wildman–Crippen MR) is 98.0 cm³/mol. The largest absolute Gasteiger partial charge is 0.370 e. The second-order valence-electron chi connectivity index (χ2n) is 7.26. The highest BCUT2D eigenvalue weighted by atomic mass is 15.2. The van der Waals surface area contributed by atoms with Crippen molar-refractivity contribution in [2.45, 2.75) is 52.0 Å². The van der Waals surface area contributed by atoms with Crippen LogP contribution in [0.5, 0.6) is 0 Å². The van der Waals surface area contributed by atoms with Crippen LogP contribution in [0.2, 0.25) is 0 Å². The fraction of sp³-hybridized carbons (Fsp3) is 0.632. The summed E-state index contributed by atoms with van der Waals surface area (Å²) in [6, 6.07) is 7.01. The van der Waals surface area contributed by atoms with Crippen LogP contribution >= 0.6 is 0 Å². The van der Waals surface area contributed by atoms with Crippen molar-refractivity contribution in [3.05, 3.63) is 29.3 Å². The van der Waals surface area contributed by atoms with Crippen LogP contribution < -0.4 is 11.1 Å². The molecule has 0 saturated carbocycles. The molecule has 4 nitrogen and oxygen atoms in total. The second-order valence-corrected chi connectivity index (χ2v) is 7.26. The van der Waals surface area contributed by atoms with E-state index in [1.165, 1.54) is 56.3 Å². The molecule has 0 amide bonds. The van der Waals surface area contributed by atoms with Gasteiger partial charge in [0.05, 0.1) is 6.54 Å². The summed E-state index contributed by atoms with van der Waals surface area (Å²) in [5.41, 5.74) is 10.1. The maximum absolute atomic E-state index is 6.07. The lowest BCUT2D eigenvalue weighted by Crippen LogP contribution is -2.41. The first kappa shape index (κ1) is 16.3. The van der Waals surface area contributed by atoms with Crippen molar-refractivity contribution in [1.29, 1.82) is 0 Å². The molecule has 3 N–H and O–H groups in total. The van der Waals surface area contributed by atoms with Crippen molar-refractivity contribution >= 4 is 11.6 Å². The van der Waals surface area contributed by atoms with Gasteiger partial charge in [-0.2, -0.15) is 0 Å². The Bertz CT molecular complexity index is 558. The first-order valence-electron chi connectivity index (χ1n) is 9.04. The molecule has 0 radical (unpaired) electrons. The third kappa shape index (κ3) is 4.25. The number of benzene rings is 1. The van der Waals surface area contributed by atoms with E-state index in [0.717, 1.165) is 18.2 Å². The average Bonchev–Trinajstić information content (AvgIpc) is 3.01. The van der Waals surface area contributed by atoms with Crippen LogP contribution in [0.1, 0.15) is 44.2 Å². The lowest BCUT2D eigenvalue weighted by Gasteiger charge is -2.34. The van der Waals surface area contributed by atoms with Gasteiger partial charge < -0.3 is 11.1 Å². The molecule has 3 rings (SSSR count). The predicted octanol–water partition coefficient (Wildman–Crippen LogP) is 3.02. The summed E-state index contributed by atoms with van der Waals surface area (Å²) in [5.74, 6) is 1.40. The van der Waals surface area contributed by atoms with E-state index in [9.17, 15) is 0 Å². The van der Waals surface area contributed by atoms with Crippen molar-refractivity contribution in [1.82, 2.24) is 4.90 Å². The van der Waals surface area contributed by atoms with Gasteiger partial charge in [0, 0.05) is 11.7 Å². The summed E-state index contributed by atoms with van der Waals surface area (Å²) in [6.07, 6.45) is 6.28. The van der Waals surface area contributed by atoms with E-state index in [1.807, 2.05) is 0 Å². The van der Waals surface area contributed by atoms with Gasteiger partial charge >= 0.3 is 0 Å². The Labute approximate surface area is 140 Å². The molecule has 4 heteroatoms. The molecule has 1 heterocycles. The molecule has 1 unspecified atom stereocenters. The van der Waals surface area contributed by atoms with Gasteiger partial charge in [0.15, 0.2) is 5.96 Å². The van der Waals surface area contributed by atoms with Crippen LogP contribution in [0.25, 0.3) is 0 Å². The molecule has 23 heavy (non-hydrogen) atoms. The minimum absolute atomic E-state index is 0.461. The monoisotopic (exact) mass is 314 g/mol. The fourth-order valence-corrected chi connectivity index (χ4v) is 3.65. The number of nitrogens with two attached hydrogens (primary N) is 1. The molecule has 1 aliphatic heterocycles. The molecule has 0 bridgehead atoms. The Morgan fingerprint density at radius 2 is 2.04 bits per heavy atom. The Kier molecular flexibility index (Phi) is 5.21. The zero-order valence-electron chi connectivity index (χ0n) is 14.5. The molecule has 0 aromatic heterocycles. The third-order valence-corrected chi connectivity index (χ3v) is 5.34. The van der Waals surface area contributed by atoms with Crippen LogP contribution in [-0.2, 0) is 12.8 Å². The number of hydrogen-bond acceptors (Lipinski definition) is 2. The van der Waals surface area contributed by atoms with Gasteiger partial charge in [-0.3, -0.25) is 9.89 Å². The molecule has 2 aliphatic rings. The number of hydrogen-bond donors (Lipinski definition) is 2. The van der Waals surface area contributed by atoms with E-state index >= 15 is 0 Å². The number of nitrogens with one attached hydrogen (secondary N) is 1. The fourth-order valence-electron chi connectivity index (χ4n) is 3.65. The number of anilines is 1. The zero-order chi connectivity index (χ0) is 16.2. The molecule has 1 atom stereocenters. The molecular weight excluding hydrogens is 284 g/mol. The topological polar surface area (TPSA) is 53.6 Å². The SMILES string of the molecule is CC1CCN(C(C)CN=C(N)Nc2ccc3c(c2)CCC3)CC1. The Balaban J connectivity index is 1.51. The zero-order valence-corrected chi connectivity index (χ0v) is 14.5. The van der Waals surface area contributed by atoms with Crippen LogP contribution in [-0.4, -0.2) is 36.5 Å². The molecule has 1 aromatic rings. The van der Waals surface area contributed by atoms with Crippen molar-refractivity contribution in [2.24, 2.45) is 16.6 Å². The van der Waals surface area contributed by atoms with Gasteiger partial charge in [-0.1, -0.05) is 13.0 Å². The number of piperidine rings is 1. The van der Waals surface area contributed by atoms with E-state index in [-0.39, 0.29) is 0 Å². The molecular formula is C19H30N4. The summed E-state index contributed by atoms with van der Waals surface area (Å²) in [6.45, 7) is 7.74. The number of likely N-dealkylation sites (tertiary alicyclic amines) is 1. The molecule has 1 saturated heterocycles. The van der Waals surface area contributed by atoms with E-state index in [0.29, 0.717) is 12.0 Å². The van der Waals surface area contributed by atoms with Crippen molar-refractivity contribution in [3.63, 3.8) is 0 Å². The Hall–Kier alpha value is -1.55. The smallest absolute Gasteiger partial charge is 0.193 e. The number of fused-ring (bicyclic) bond motifs is 1. The molecule has 1 aromatic carbocycles. The van der Waals surface area contributed by atoms with Crippen LogP contribution in [0, 0.1) is 5.92 Å². The Morgan fingerprint density at radius 3 is 2.83 bits per heavy atom. The van der Waals surface area contributed by atoms with Gasteiger partial charge in [0.2, 0.25) is 0 Å². The second kappa shape index (κ2) is 7.35. The van der Waals surface area contributed by atoms with E-state index in [2.05, 4.69) is 47.3 Å². The molecule has 0 spiro atoms. The summed E-state index contributed by atoms with van der Waals surface area (Å²) in [7, 11) is 0. The van der Waals surface area contributed by atoms with Gasteiger partial charge in [0.25, 0.3) is 0 Å². The van der Waals surface area contributed by atoms with Gasteiger partial charge in [-0.05, 0) is 81.3 Å². The van der Waals surface area contributed by atoms with Crippen LogP contribution in [0.15, 0.2) is 23.2 Å². The van der Waals surface area contributed by atoms with Crippen LogP contribution in [0.3, 0.4) is 0 Å². The van der Waals surface area contributed by atoms with Crippen molar-refractivity contribution in [3.8, 4) is 0 Å². The quantitative estimate of drug-likeness (QED) is 0.663. The first-order valence-corrected chi connectivity index (χ1v) is 9.04. The third-order valence-electron chi connectivity index (χ3n) is 5.34. The van der Waals surface area contributed by atoms with E-state index in [4.69, 9.17) is 5.73 Å². The van der Waals surface area contributed by atoms with Gasteiger partial charge in [-0.25, -0.2) is 0 Å². The number of nitrogens with zero attached hydrogens (tertiary/aromatic N) is 2. The maximum Gasteiger partial charge on any atom is 0.193 e. The summed E-state index contributed by atoms with van der Waals surface area (Å²) in [5, 5.41) is 3.25. The minimum Gasteiger partial charge on any atom is -0.370 e. The van der Waals surface area contributed by atoms with Crippen molar-refractivity contribution < 1.29 is 0 Å². The molecule has 126 valence electrons. The van der Waals surface area contributed by atoms with Crippen LogP contribution in [0.4, 0.5) is 5.69 Å². The van der Waals surface area contributed by atoms with Gasteiger partial charge in [0.1, 0.15) is 0 Å². The van der Waals surface area contributed by atoms with Crippen molar-refractivity contribution in [2.75, 3.05) is 25.0 Å². The number of guanidine groups is 1. The number of aliphatic imine (C=N–C) groups is 1. The average molecular weight is 314 g/mol. The highest BCUT2D eigenvalue weighted by molar-refractivity contribution is 5.92. The first-order chi connectivity index (χ1) is 11.1. The van der Waals surface area contributed by atoms with Gasteiger partial charge in [-0.15, -0.1) is 0 Å². The summed E-state index contributed by atoms with van der Waals surface area (Å²) in [4.78, 5) is 7.08. The normalized spacial score (nSPS) is 21.2. The highest BCUT2D eigenvalue weighted by Crippen LogP contribution is 2.24. The highest BCUT2D eigenvalue weighted by Gasteiger charge is 2.20. The molecule has 1 aliphatic carbocycles. The standard InChI is InChI=1S/C19H30N4/c1-14-8-10-23(11-9-14)15(2)13-21-19(20)22-18-7-6-16-4-3-5-17(16)12-18/h6-7,12,14-15H,3-5,8-11,13H2,1-2H3,(H3,20,21,22). The summed E-state index contributed by atoms with van der Waals surface area (Å²) < 4.78 is 0. The molecule has 1 fully saturated rings. The number of rotatable bonds is 4. The van der Waals surface area contributed by atoms with E-state index in [1.54, 1.807) is 0 Å². The summed E-state index contributed by atoms with van der Waals surface area (Å²) >= 11 is 0. The van der Waals surface area contributed by atoms with E-state index < -0.39 is 0 Å². The lowest BCUT2D eigenvalue weighted by molar-refractivity contribution is 0.150. The maximum atomic E-state index is 6.07. The Morgan fingerprint density at radius 1 is 1.30 bits per heavy atom. The lowest BCUT2D eigenvalue weighted by atomic mass is 9.98. The minimum atomic E-state index is 0.461.